The molecule has 56 heavy (non-hydrogen) atoms. The van der Waals surface area contributed by atoms with Crippen molar-refractivity contribution in [3.05, 3.63) is 36.4 Å². The van der Waals surface area contributed by atoms with Gasteiger partial charge in [-0.15, -0.1) is 6.58 Å². The highest BCUT2D eigenvalue weighted by Crippen LogP contribution is 2.46. The number of piperidine rings is 1. The highest BCUT2D eigenvalue weighted by Gasteiger charge is 2.61. The Morgan fingerprint density at radius 3 is 2.23 bits per heavy atom. The summed E-state index contributed by atoms with van der Waals surface area (Å²) in [7, 11) is -1.83. The molecule has 0 bridgehead atoms. The van der Waals surface area contributed by atoms with Gasteiger partial charge >= 0.3 is 18.4 Å². The second kappa shape index (κ2) is 17.5. The van der Waals surface area contributed by atoms with Crippen LogP contribution in [0.5, 0.6) is 0 Å². The van der Waals surface area contributed by atoms with Crippen molar-refractivity contribution < 1.29 is 55.7 Å². The molecular formula is C37H52F3N6O9P. The van der Waals surface area contributed by atoms with E-state index in [4.69, 9.17) is 14.0 Å². The Balaban J connectivity index is 1.39. The fourth-order valence-corrected chi connectivity index (χ4v) is 8.12. The molecule has 1 aromatic rings. The predicted molar refractivity (Wildman–Crippen MR) is 200 cm³/mol. The fraction of sp³-hybridized carbons (Fsp3) is 0.649. The van der Waals surface area contributed by atoms with E-state index in [-0.39, 0.29) is 31.2 Å². The highest BCUT2D eigenvalue weighted by atomic mass is 31.1. The molecule has 0 aromatic heterocycles. The van der Waals surface area contributed by atoms with Crippen LogP contribution in [-0.2, 0) is 39.1 Å². The summed E-state index contributed by atoms with van der Waals surface area (Å²) < 4.78 is 69.3. The van der Waals surface area contributed by atoms with Gasteiger partial charge in [-0.2, -0.15) is 13.2 Å². The van der Waals surface area contributed by atoms with E-state index in [0.29, 0.717) is 31.6 Å². The summed E-state index contributed by atoms with van der Waals surface area (Å²) in [5.41, 5.74) is -3.15. The van der Waals surface area contributed by atoms with Crippen LogP contribution in [0.25, 0.3) is 0 Å². The molecule has 4 aliphatic rings. The molecule has 5 amide bonds. The number of amides is 5. The van der Waals surface area contributed by atoms with Crippen molar-refractivity contribution in [1.29, 1.82) is 0 Å². The van der Waals surface area contributed by atoms with Gasteiger partial charge in [0.2, 0.25) is 11.8 Å². The summed E-state index contributed by atoms with van der Waals surface area (Å²) in [5, 5.41) is 10.1. The number of likely N-dealkylation sites (tertiary alicyclic amines) is 1. The third-order valence-corrected chi connectivity index (χ3v) is 11.6. The number of alkyl halides is 3. The number of carbonyl (C=O) groups excluding carboxylic acids is 5. The molecule has 15 nitrogen and oxygen atoms in total. The van der Waals surface area contributed by atoms with E-state index >= 15 is 0 Å². The van der Waals surface area contributed by atoms with E-state index in [1.165, 1.54) is 12.1 Å². The number of hydrogen-bond donors (Lipinski definition) is 4. The Bertz CT molecular complexity index is 1700. The standard InChI is InChI=1S/C37H52F3N6O9P/c1-6-22-20-36(22,32(49)44-56(52)53-5)43-30(47)28-19-25(21-46(28)31(48)29(35(2,3)4)42-34(51)54-24-12-8-9-13-24)55-33(50)41-26-18-23(37(38,39)40)14-15-27(26)45-16-10-7-11-17-45/h6,14-15,18,22,24-25,28-29,56H,1,7-13,16-17,19-21H2,2-5H3,(H,41,50)(H,42,51)(H,43,47)(H,44,49,52)/t22-,25-,28+,29-,36-/m1/s1. The number of benzene rings is 1. The molecule has 310 valence electrons. The smallest absolute Gasteiger partial charge is 0.416 e. The van der Waals surface area contributed by atoms with Crippen LogP contribution in [0.4, 0.5) is 34.1 Å². The second-order valence-electron chi connectivity index (χ2n) is 15.9. The van der Waals surface area contributed by atoms with Crippen LogP contribution >= 0.6 is 8.18 Å². The number of rotatable bonds is 12. The van der Waals surface area contributed by atoms with Crippen molar-refractivity contribution in [2.45, 2.75) is 115 Å². The van der Waals surface area contributed by atoms with Crippen LogP contribution in [0.1, 0.15) is 84.1 Å². The van der Waals surface area contributed by atoms with Gasteiger partial charge in [-0.1, -0.05) is 26.8 Å². The minimum absolute atomic E-state index is 0.114. The van der Waals surface area contributed by atoms with Gasteiger partial charge in [0.05, 0.1) is 23.5 Å². The molecule has 0 spiro atoms. The van der Waals surface area contributed by atoms with Crippen LogP contribution in [0, 0.1) is 11.3 Å². The summed E-state index contributed by atoms with van der Waals surface area (Å²) in [6.07, 6.45) is -0.927. The Morgan fingerprint density at radius 1 is 0.982 bits per heavy atom. The van der Waals surface area contributed by atoms with Crippen molar-refractivity contribution >= 4 is 49.5 Å². The van der Waals surface area contributed by atoms with Crippen LogP contribution in [0.3, 0.4) is 0 Å². The molecule has 2 saturated carbocycles. The van der Waals surface area contributed by atoms with Gasteiger partial charge in [0.15, 0.2) is 0 Å². The first-order valence-corrected chi connectivity index (χ1v) is 20.2. The van der Waals surface area contributed by atoms with E-state index in [9.17, 15) is 41.7 Å². The van der Waals surface area contributed by atoms with Gasteiger partial charge < -0.3 is 34.4 Å². The van der Waals surface area contributed by atoms with E-state index in [1.807, 2.05) is 4.90 Å². The maximum Gasteiger partial charge on any atom is 0.416 e. The van der Waals surface area contributed by atoms with Gasteiger partial charge in [0.1, 0.15) is 29.8 Å². The number of alkyl carbamates (subject to hydrolysis) is 1. The van der Waals surface area contributed by atoms with Crippen molar-refractivity contribution in [2.75, 3.05) is 37.0 Å². The molecular weight excluding hydrogens is 760 g/mol. The van der Waals surface area contributed by atoms with E-state index in [2.05, 4.69) is 27.6 Å². The van der Waals surface area contributed by atoms with Crippen LogP contribution in [0.2, 0.25) is 0 Å². The quantitative estimate of drug-likeness (QED) is 0.155. The summed E-state index contributed by atoms with van der Waals surface area (Å²) in [4.78, 5) is 71.3. The monoisotopic (exact) mass is 812 g/mol. The van der Waals surface area contributed by atoms with Crippen molar-refractivity contribution in [2.24, 2.45) is 11.3 Å². The SMILES string of the molecule is C=C[C@@H]1C[C@]1(NC(=O)[C@@H]1C[C@@H](OC(=O)Nc2cc(C(F)(F)F)ccc2N2CCCCC2)CN1C(=O)[C@@H](NC(=O)OC1CCCC1)C(C)(C)C)C(=O)N[PH](=O)OC. The van der Waals surface area contributed by atoms with Gasteiger partial charge in [0.25, 0.3) is 14.1 Å². The van der Waals surface area contributed by atoms with Crippen LogP contribution in [-0.4, -0.2) is 91.4 Å². The average molecular weight is 813 g/mol. The molecule has 19 heteroatoms. The molecule has 1 aromatic carbocycles. The van der Waals surface area contributed by atoms with Gasteiger partial charge in [0, 0.05) is 32.5 Å². The molecule has 4 N–H and O–H groups in total. The van der Waals surface area contributed by atoms with Gasteiger partial charge in [-0.3, -0.25) is 29.4 Å². The largest absolute Gasteiger partial charge is 0.446 e. The Morgan fingerprint density at radius 2 is 1.64 bits per heavy atom. The minimum atomic E-state index is -4.69. The summed E-state index contributed by atoms with van der Waals surface area (Å²) in [6.45, 7) is 9.68. The van der Waals surface area contributed by atoms with E-state index in [1.54, 1.807) is 20.8 Å². The van der Waals surface area contributed by atoms with Crippen molar-refractivity contribution in [3.63, 3.8) is 0 Å². The first kappa shape index (κ1) is 42.8. The average Bonchev–Trinajstić information content (AvgIpc) is 3.40. The lowest BCUT2D eigenvalue weighted by molar-refractivity contribution is -0.143. The second-order valence-corrected chi connectivity index (χ2v) is 17.1. The number of ether oxygens (including phenoxy) is 2. The van der Waals surface area contributed by atoms with Crippen LogP contribution < -0.4 is 25.9 Å². The Kier molecular flexibility index (Phi) is 13.3. The molecule has 2 aliphatic heterocycles. The first-order chi connectivity index (χ1) is 26.4. The number of nitrogens with one attached hydrogen (secondary N) is 4. The number of anilines is 2. The molecule has 1 unspecified atom stereocenters. The zero-order valence-corrected chi connectivity index (χ0v) is 33.1. The van der Waals surface area contributed by atoms with Crippen LogP contribution in [0.15, 0.2) is 30.9 Å². The molecule has 4 fully saturated rings. The molecule has 6 atom stereocenters. The Labute approximate surface area is 324 Å². The lowest BCUT2D eigenvalue weighted by Gasteiger charge is -2.35. The van der Waals surface area contributed by atoms with Crippen molar-refractivity contribution in [3.8, 4) is 0 Å². The molecule has 0 radical (unpaired) electrons. The fourth-order valence-electron chi connectivity index (χ4n) is 7.61. The maximum atomic E-state index is 14.4. The Hall–Kier alpha value is -4.31. The number of nitrogens with zero attached hydrogens (tertiary/aromatic N) is 2. The van der Waals surface area contributed by atoms with Gasteiger partial charge in [-0.25, -0.2) is 9.59 Å². The van der Waals surface area contributed by atoms with E-state index in [0.717, 1.165) is 56.2 Å². The first-order valence-electron chi connectivity index (χ1n) is 18.9. The molecule has 2 saturated heterocycles. The maximum absolute atomic E-state index is 14.4. The van der Waals surface area contributed by atoms with Crippen molar-refractivity contribution in [1.82, 2.24) is 20.6 Å². The number of halogens is 3. The highest BCUT2D eigenvalue weighted by molar-refractivity contribution is 7.37. The summed E-state index contributed by atoms with van der Waals surface area (Å²) in [6, 6.07) is 0.533. The third kappa shape index (κ3) is 10.2. The van der Waals surface area contributed by atoms with E-state index < -0.39 is 84.9 Å². The predicted octanol–water partition coefficient (Wildman–Crippen LogP) is 5.51. The lowest BCUT2D eigenvalue weighted by Crippen LogP contribution is -2.59. The van der Waals surface area contributed by atoms with Gasteiger partial charge in [-0.05, 0) is 75.0 Å². The molecule has 5 rings (SSSR count). The molecule has 2 heterocycles. The lowest BCUT2D eigenvalue weighted by atomic mass is 9.85. The number of carbonyl (C=O) groups is 5. The number of hydrogen-bond acceptors (Lipinski definition) is 10. The topological polar surface area (TPSA) is 185 Å². The normalized spacial score (nSPS) is 25.1. The summed E-state index contributed by atoms with van der Waals surface area (Å²) >= 11 is 0. The molecule has 2 aliphatic carbocycles. The zero-order valence-electron chi connectivity index (χ0n) is 32.1. The third-order valence-electron chi connectivity index (χ3n) is 10.8. The zero-order chi connectivity index (χ0) is 41.0. The summed E-state index contributed by atoms with van der Waals surface area (Å²) in [5.74, 6) is -2.82. The minimum Gasteiger partial charge on any atom is -0.446 e.